The van der Waals surface area contributed by atoms with Gasteiger partial charge in [0.15, 0.2) is 5.82 Å². The fraction of sp³-hybridized carbons (Fsp3) is 0.150. The van der Waals surface area contributed by atoms with Gasteiger partial charge in [0.1, 0.15) is 5.75 Å². The first-order chi connectivity index (χ1) is 12.6. The molecule has 3 heterocycles. The maximum absolute atomic E-state index is 10.0. The van der Waals surface area contributed by atoms with E-state index in [0.717, 1.165) is 27.9 Å². The van der Waals surface area contributed by atoms with Gasteiger partial charge in [0.2, 0.25) is 5.88 Å². The van der Waals surface area contributed by atoms with Crippen molar-refractivity contribution in [2.45, 2.75) is 13.3 Å². The number of aryl methyl sites for hydroxylation is 1. The first-order valence-electron chi connectivity index (χ1n) is 8.27. The molecule has 0 atom stereocenters. The summed E-state index contributed by atoms with van der Waals surface area (Å²) in [4.78, 5) is 8.77. The molecule has 0 unspecified atom stereocenters. The summed E-state index contributed by atoms with van der Waals surface area (Å²) < 4.78 is 7.15. The number of fused-ring (bicyclic) bond motifs is 1. The van der Waals surface area contributed by atoms with Gasteiger partial charge in [-0.15, -0.1) is 0 Å². The van der Waals surface area contributed by atoms with Crippen LogP contribution in [0.15, 0.2) is 54.7 Å². The van der Waals surface area contributed by atoms with Crippen LogP contribution in [0, 0.1) is 6.92 Å². The van der Waals surface area contributed by atoms with Crippen molar-refractivity contribution < 1.29 is 9.84 Å². The van der Waals surface area contributed by atoms with Crippen molar-refractivity contribution in [1.29, 1.82) is 0 Å². The molecule has 0 aliphatic heterocycles. The van der Waals surface area contributed by atoms with E-state index in [1.54, 1.807) is 24.1 Å². The van der Waals surface area contributed by atoms with Gasteiger partial charge in [0.05, 0.1) is 18.3 Å². The van der Waals surface area contributed by atoms with E-state index in [1.165, 1.54) is 0 Å². The SMILES string of the molecule is COc1cc(Cc2ccc3nccc(O)c3c2)nn1-c1cccc(C)n1. The number of ether oxygens (including phenoxy) is 1. The van der Waals surface area contributed by atoms with Crippen molar-refractivity contribution in [3.63, 3.8) is 0 Å². The molecule has 0 saturated heterocycles. The Bertz CT molecular complexity index is 1090. The summed E-state index contributed by atoms with van der Waals surface area (Å²) in [6, 6.07) is 15.1. The van der Waals surface area contributed by atoms with Gasteiger partial charge in [-0.05, 0) is 42.8 Å². The maximum atomic E-state index is 10.0. The fourth-order valence-corrected chi connectivity index (χ4v) is 2.95. The molecule has 0 aliphatic rings. The Kier molecular flexibility index (Phi) is 4.01. The van der Waals surface area contributed by atoms with Gasteiger partial charge in [-0.1, -0.05) is 12.1 Å². The minimum absolute atomic E-state index is 0.226. The first kappa shape index (κ1) is 16.1. The number of benzene rings is 1. The molecule has 6 heteroatoms. The molecule has 4 aromatic rings. The standard InChI is InChI=1S/C20H18N4O2/c1-13-4-3-5-19(22-13)24-20(26-2)12-15(23-24)10-14-6-7-17-16(11-14)18(25)8-9-21-17/h3-9,11-12H,10H2,1-2H3,(H,21,25). The zero-order valence-corrected chi connectivity index (χ0v) is 14.5. The van der Waals surface area contributed by atoms with E-state index in [2.05, 4.69) is 15.1 Å². The van der Waals surface area contributed by atoms with Crippen LogP contribution < -0.4 is 4.74 Å². The molecule has 26 heavy (non-hydrogen) atoms. The molecule has 3 aromatic heterocycles. The van der Waals surface area contributed by atoms with Crippen molar-refractivity contribution in [3.05, 3.63) is 71.7 Å². The molecule has 130 valence electrons. The molecule has 0 fully saturated rings. The Balaban J connectivity index is 1.70. The lowest BCUT2D eigenvalue weighted by molar-refractivity contribution is 0.382. The van der Waals surface area contributed by atoms with Gasteiger partial charge < -0.3 is 9.84 Å². The zero-order chi connectivity index (χ0) is 18.1. The molecule has 0 spiro atoms. The topological polar surface area (TPSA) is 73.1 Å². The predicted octanol–water partition coefficient (Wildman–Crippen LogP) is 3.43. The van der Waals surface area contributed by atoms with Gasteiger partial charge in [0, 0.05) is 29.8 Å². The Morgan fingerprint density at radius 2 is 2.00 bits per heavy atom. The van der Waals surface area contributed by atoms with Crippen LogP contribution in [-0.4, -0.2) is 32.0 Å². The van der Waals surface area contributed by atoms with Crippen LogP contribution in [0.2, 0.25) is 0 Å². The summed E-state index contributed by atoms with van der Waals surface area (Å²) in [6.07, 6.45) is 2.21. The third kappa shape index (κ3) is 2.97. The number of methoxy groups -OCH3 is 1. The highest BCUT2D eigenvalue weighted by molar-refractivity contribution is 5.85. The van der Waals surface area contributed by atoms with Crippen LogP contribution in [0.25, 0.3) is 16.7 Å². The number of aromatic hydroxyl groups is 1. The lowest BCUT2D eigenvalue weighted by atomic mass is 10.1. The normalized spacial score (nSPS) is 11.0. The van der Waals surface area contributed by atoms with E-state index in [0.29, 0.717) is 18.1 Å². The number of pyridine rings is 2. The quantitative estimate of drug-likeness (QED) is 0.613. The maximum Gasteiger partial charge on any atom is 0.218 e. The second-order valence-electron chi connectivity index (χ2n) is 6.09. The second-order valence-corrected chi connectivity index (χ2v) is 6.09. The average Bonchev–Trinajstić information content (AvgIpc) is 3.05. The summed E-state index contributed by atoms with van der Waals surface area (Å²) in [6.45, 7) is 1.94. The fourth-order valence-electron chi connectivity index (χ4n) is 2.95. The Hall–Kier alpha value is -3.41. The van der Waals surface area contributed by atoms with Gasteiger partial charge in [-0.2, -0.15) is 9.78 Å². The Labute approximate surface area is 150 Å². The Morgan fingerprint density at radius 1 is 1.12 bits per heavy atom. The van der Waals surface area contributed by atoms with Crippen LogP contribution in [0.4, 0.5) is 0 Å². The first-order valence-corrected chi connectivity index (χ1v) is 8.27. The van der Waals surface area contributed by atoms with Crippen molar-refractivity contribution in [1.82, 2.24) is 19.7 Å². The van der Waals surface area contributed by atoms with Crippen molar-refractivity contribution in [3.8, 4) is 17.4 Å². The van der Waals surface area contributed by atoms with Gasteiger partial charge >= 0.3 is 0 Å². The Morgan fingerprint density at radius 3 is 2.81 bits per heavy atom. The summed E-state index contributed by atoms with van der Waals surface area (Å²) in [5.74, 6) is 1.57. The monoisotopic (exact) mass is 346 g/mol. The molecule has 1 N–H and O–H groups in total. The van der Waals surface area contributed by atoms with Crippen molar-refractivity contribution >= 4 is 10.9 Å². The number of hydrogen-bond acceptors (Lipinski definition) is 5. The molecule has 0 bridgehead atoms. The largest absolute Gasteiger partial charge is 0.507 e. The summed E-state index contributed by atoms with van der Waals surface area (Å²) in [5.41, 5.74) is 3.57. The minimum atomic E-state index is 0.226. The number of aromatic nitrogens is 4. The molecule has 0 saturated carbocycles. The van der Waals surface area contributed by atoms with E-state index >= 15 is 0 Å². The third-order valence-corrected chi connectivity index (χ3v) is 4.20. The molecule has 6 nitrogen and oxygen atoms in total. The number of rotatable bonds is 4. The van der Waals surface area contributed by atoms with Crippen LogP contribution in [0.1, 0.15) is 17.0 Å². The smallest absolute Gasteiger partial charge is 0.218 e. The summed E-state index contributed by atoms with van der Waals surface area (Å²) >= 11 is 0. The molecular formula is C20H18N4O2. The molecule has 0 aliphatic carbocycles. The van der Waals surface area contributed by atoms with E-state index in [1.807, 2.05) is 49.4 Å². The minimum Gasteiger partial charge on any atom is -0.507 e. The van der Waals surface area contributed by atoms with Crippen molar-refractivity contribution in [2.24, 2.45) is 0 Å². The molecule has 1 aromatic carbocycles. The molecular weight excluding hydrogens is 328 g/mol. The van der Waals surface area contributed by atoms with Crippen LogP contribution in [-0.2, 0) is 6.42 Å². The van der Waals surface area contributed by atoms with Crippen LogP contribution in [0.3, 0.4) is 0 Å². The third-order valence-electron chi connectivity index (χ3n) is 4.20. The zero-order valence-electron chi connectivity index (χ0n) is 14.5. The van der Waals surface area contributed by atoms with Gasteiger partial charge in [-0.3, -0.25) is 4.98 Å². The highest BCUT2D eigenvalue weighted by atomic mass is 16.5. The predicted molar refractivity (Wildman–Crippen MR) is 98.9 cm³/mol. The second kappa shape index (κ2) is 6.48. The van der Waals surface area contributed by atoms with E-state index in [-0.39, 0.29) is 5.75 Å². The molecule has 4 rings (SSSR count). The van der Waals surface area contributed by atoms with Crippen molar-refractivity contribution in [2.75, 3.05) is 7.11 Å². The van der Waals surface area contributed by atoms with E-state index in [4.69, 9.17) is 4.74 Å². The highest BCUT2D eigenvalue weighted by Gasteiger charge is 2.12. The number of hydrogen-bond donors (Lipinski definition) is 1. The highest BCUT2D eigenvalue weighted by Crippen LogP contribution is 2.25. The van der Waals surface area contributed by atoms with E-state index in [9.17, 15) is 5.11 Å². The molecule has 0 radical (unpaired) electrons. The summed E-state index contributed by atoms with van der Waals surface area (Å²) in [7, 11) is 1.62. The lowest BCUT2D eigenvalue weighted by Gasteiger charge is -2.05. The number of nitrogens with zero attached hydrogens (tertiary/aromatic N) is 4. The van der Waals surface area contributed by atoms with Crippen LogP contribution >= 0.6 is 0 Å². The van der Waals surface area contributed by atoms with Gasteiger partial charge in [0.25, 0.3) is 0 Å². The average molecular weight is 346 g/mol. The van der Waals surface area contributed by atoms with Crippen LogP contribution in [0.5, 0.6) is 11.6 Å². The molecule has 0 amide bonds. The lowest BCUT2D eigenvalue weighted by Crippen LogP contribution is -2.03. The van der Waals surface area contributed by atoms with E-state index < -0.39 is 0 Å². The van der Waals surface area contributed by atoms with Gasteiger partial charge in [-0.25, -0.2) is 4.98 Å². The summed E-state index contributed by atoms with van der Waals surface area (Å²) in [5, 5.41) is 15.4.